The second-order valence-corrected chi connectivity index (χ2v) is 18.6. The predicted octanol–water partition coefficient (Wildman–Crippen LogP) is 6.07. The molecule has 1 heterocycles. The van der Waals surface area contributed by atoms with Crippen LogP contribution in [0, 0.1) is 6.92 Å². The summed E-state index contributed by atoms with van der Waals surface area (Å²) in [5.74, 6) is 0.520. The fourth-order valence-corrected chi connectivity index (χ4v) is 4.61. The van der Waals surface area contributed by atoms with Crippen molar-refractivity contribution in [2.24, 2.45) is 0 Å². The van der Waals surface area contributed by atoms with Gasteiger partial charge in [0.15, 0.2) is 0 Å². The van der Waals surface area contributed by atoms with Crippen LogP contribution in [0.25, 0.3) is 6.08 Å². The zero-order valence-electron chi connectivity index (χ0n) is 20.3. The normalized spacial score (nSPS) is 12.8. The highest BCUT2D eigenvalue weighted by Crippen LogP contribution is 2.49. The summed E-state index contributed by atoms with van der Waals surface area (Å²) in [5.41, 5.74) is 2.16. The van der Waals surface area contributed by atoms with Crippen LogP contribution in [0.15, 0.2) is 36.4 Å². The third kappa shape index (κ3) is 12.3. The summed E-state index contributed by atoms with van der Waals surface area (Å²) in [6.07, 6.45) is 2.98. The van der Waals surface area contributed by atoms with Crippen molar-refractivity contribution in [3.05, 3.63) is 59.1 Å². The smallest absolute Gasteiger partial charge is 0.381 e. The van der Waals surface area contributed by atoms with Gasteiger partial charge in [-0.2, -0.15) is 4.98 Å². The molecule has 0 saturated carbocycles. The van der Waals surface area contributed by atoms with Crippen molar-refractivity contribution in [1.82, 2.24) is 9.97 Å². The first-order valence-corrected chi connectivity index (χ1v) is 18.4. The van der Waals surface area contributed by atoms with Gasteiger partial charge in [-0.3, -0.25) is 18.6 Å². The van der Waals surface area contributed by atoms with Gasteiger partial charge < -0.3 is 4.52 Å². The molecule has 0 fully saturated rings. The minimum atomic E-state index is -3.04. The topological polar surface area (TPSA) is 122 Å². The molecule has 36 heavy (non-hydrogen) atoms. The van der Waals surface area contributed by atoms with Gasteiger partial charge in [0.1, 0.15) is 5.82 Å². The van der Waals surface area contributed by atoms with Crippen LogP contribution < -0.4 is 4.52 Å². The number of Topliss-reactive ketones (excluding diaryl/α,β-unsaturated/α-hetero) is 1. The second kappa shape index (κ2) is 15.2. The molecule has 2 aromatic rings. The van der Waals surface area contributed by atoms with E-state index in [0.717, 1.165) is 17.1 Å². The van der Waals surface area contributed by atoms with E-state index >= 15 is 0 Å². The average Bonchev–Trinajstić information content (AvgIpc) is 2.75. The third-order valence-corrected chi connectivity index (χ3v) is 6.40. The molecule has 0 atom stereocenters. The van der Waals surface area contributed by atoms with Gasteiger partial charge in [-0.15, -0.1) is 0 Å². The molecule has 3 rings (SSSR count). The Morgan fingerprint density at radius 3 is 2.11 bits per heavy atom. The summed E-state index contributed by atoms with van der Waals surface area (Å²) < 4.78 is 35.5. The summed E-state index contributed by atoms with van der Waals surface area (Å²) in [5, 5.41) is 0. The Kier molecular flexibility index (Phi) is 13.8. The maximum absolute atomic E-state index is 11.2. The van der Waals surface area contributed by atoms with E-state index in [2.05, 4.69) is 39.6 Å². The minimum absolute atomic E-state index is 0.222. The van der Waals surface area contributed by atoms with E-state index in [9.17, 15) is 18.0 Å². The minimum Gasteiger partial charge on any atom is -0.406 e. The Morgan fingerprint density at radius 1 is 1.03 bits per heavy atom. The molecule has 0 aliphatic heterocycles. The van der Waals surface area contributed by atoms with E-state index < -0.39 is 25.0 Å². The summed E-state index contributed by atoms with van der Waals surface area (Å²) in [4.78, 5) is 30.8. The maximum atomic E-state index is 11.2. The summed E-state index contributed by atoms with van der Waals surface area (Å²) >= 11 is 9.85. The third-order valence-electron chi connectivity index (χ3n) is 3.99. The van der Waals surface area contributed by atoms with Crippen LogP contribution in [0.2, 0.25) is 0 Å². The molecule has 1 aliphatic rings. The fraction of sp³-hybridized carbons (Fsp3) is 0.364. The van der Waals surface area contributed by atoms with E-state index in [1.165, 1.54) is 6.08 Å². The van der Waals surface area contributed by atoms with Crippen molar-refractivity contribution in [3.8, 4) is 5.88 Å². The molecule has 0 N–H and O–H groups in total. The lowest BCUT2D eigenvalue weighted by Crippen LogP contribution is -2.15. The number of nitrogens with zero attached hydrogens (tertiary/aromatic N) is 2. The molecule has 0 bridgehead atoms. The molecule has 0 spiro atoms. The quantitative estimate of drug-likeness (QED) is 0.193. The van der Waals surface area contributed by atoms with Crippen LogP contribution in [0.3, 0.4) is 0 Å². The Bertz CT molecular complexity index is 1240. The lowest BCUT2D eigenvalue weighted by atomic mass is 9.96. The van der Waals surface area contributed by atoms with Crippen molar-refractivity contribution >= 4 is 72.5 Å². The number of allylic oxidation sites excluding steroid dienone is 1. The highest BCUT2D eigenvalue weighted by Gasteiger charge is 2.23. The van der Waals surface area contributed by atoms with Gasteiger partial charge in [0.2, 0.25) is 17.4 Å². The van der Waals surface area contributed by atoms with E-state index in [1.54, 1.807) is 24.3 Å². The zero-order chi connectivity index (χ0) is 27.5. The number of hydrogen-bond acceptors (Lipinski definition) is 10. The summed E-state index contributed by atoms with van der Waals surface area (Å²) in [6.45, 7) is 4.74. The lowest BCUT2D eigenvalue weighted by molar-refractivity contribution is -0.110. The van der Waals surface area contributed by atoms with E-state index in [1.807, 2.05) is 46.8 Å². The molecule has 0 saturated heterocycles. The Balaban J connectivity index is 0.000000322. The molecule has 0 radical (unpaired) electrons. The largest absolute Gasteiger partial charge is 0.406 e. The number of aromatic nitrogens is 2. The number of aryl methyl sites for hydroxylation is 1. The first-order chi connectivity index (χ1) is 16.7. The molecule has 0 amide bonds. The number of halogens is 2. The first-order valence-electron chi connectivity index (χ1n) is 10.6. The van der Waals surface area contributed by atoms with Crippen molar-refractivity contribution in [2.45, 2.75) is 40.5 Å². The molecular weight excluding hydrogens is 659 g/mol. The number of rotatable bonds is 7. The highest BCUT2D eigenvalue weighted by atomic mass is 79.9. The van der Waals surface area contributed by atoms with E-state index in [-0.39, 0.29) is 5.92 Å². The van der Waals surface area contributed by atoms with Crippen LogP contribution in [-0.4, -0.2) is 43.2 Å². The van der Waals surface area contributed by atoms with Gasteiger partial charge in [-0.25, -0.2) is 13.4 Å². The monoisotopic (exact) mass is 684 g/mol. The Morgan fingerprint density at radius 2 is 1.58 bits per heavy atom. The van der Waals surface area contributed by atoms with Crippen molar-refractivity contribution < 1.29 is 31.6 Å². The highest BCUT2D eigenvalue weighted by molar-refractivity contribution is 9.79. The standard InChI is InChI=1S/C12H21N2O3PS.C10H6O2.Br2O2S/c1-6-15-18(19,16-7-2)17-11-8-10(5)13-12(14-11)9(3)4;11-9-6-5-7-3-1-2-4-8(7)10(9)12;1-5(2,3)4/h8-9H,6-7H2,1-5H3;1-6H;. The molecule has 1 aromatic carbocycles. The van der Waals surface area contributed by atoms with Crippen LogP contribution in [0.1, 0.15) is 61.1 Å². The molecule has 198 valence electrons. The summed E-state index contributed by atoms with van der Waals surface area (Å²) in [7, 11) is 0. The lowest BCUT2D eigenvalue weighted by Gasteiger charge is -2.20. The molecule has 0 unspecified atom stereocenters. The number of ketones is 2. The molecular formula is C22H27Br2N2O7PS2. The van der Waals surface area contributed by atoms with Gasteiger partial charge in [0.25, 0.3) is 6.70 Å². The van der Waals surface area contributed by atoms with Crippen LogP contribution in [0.4, 0.5) is 0 Å². The molecule has 9 nitrogen and oxygen atoms in total. The Hall–Kier alpha value is -1.34. The van der Waals surface area contributed by atoms with Gasteiger partial charge in [-0.05, 0) is 32.4 Å². The zero-order valence-corrected chi connectivity index (χ0v) is 26.0. The van der Waals surface area contributed by atoms with Gasteiger partial charge in [-0.1, -0.05) is 44.2 Å². The van der Waals surface area contributed by atoms with Crippen molar-refractivity contribution in [3.63, 3.8) is 0 Å². The molecule has 1 aliphatic carbocycles. The number of hydrogen-bond donors (Lipinski definition) is 0. The van der Waals surface area contributed by atoms with E-state index in [0.29, 0.717) is 24.7 Å². The molecule has 1 aromatic heterocycles. The Labute approximate surface area is 231 Å². The van der Waals surface area contributed by atoms with Crippen LogP contribution >= 0.6 is 36.3 Å². The maximum Gasteiger partial charge on any atom is 0.381 e. The number of fused-ring (bicyclic) bond motifs is 1. The van der Waals surface area contributed by atoms with Crippen molar-refractivity contribution in [1.29, 1.82) is 0 Å². The SMILES string of the molecule is CCOP(=S)(OCC)Oc1cc(C)nc(C(C)C)n1.O=C1C=Cc2ccccc2C1=O.O=S(=O)(Br)Br. The van der Waals surface area contributed by atoms with Gasteiger partial charge >= 0.3 is 6.72 Å². The molecule has 14 heteroatoms. The number of carbonyl (C=O) groups is 2. The van der Waals surface area contributed by atoms with E-state index in [4.69, 9.17) is 25.4 Å². The predicted molar refractivity (Wildman–Crippen MR) is 151 cm³/mol. The van der Waals surface area contributed by atoms with Crippen molar-refractivity contribution in [2.75, 3.05) is 13.2 Å². The van der Waals surface area contributed by atoms with Gasteiger partial charge in [0.05, 0.1) is 42.8 Å². The van der Waals surface area contributed by atoms with Crippen LogP contribution in [0.5, 0.6) is 5.88 Å². The second-order valence-electron chi connectivity index (χ2n) is 7.23. The average molecular weight is 686 g/mol. The fourth-order valence-electron chi connectivity index (χ4n) is 2.61. The number of benzene rings is 1. The summed E-state index contributed by atoms with van der Waals surface area (Å²) in [6, 6.07) is 8.82. The number of carbonyl (C=O) groups excluding carboxylic acids is 2. The van der Waals surface area contributed by atoms with Gasteiger partial charge in [0, 0.05) is 35.0 Å². The first kappa shape index (κ1) is 32.7. The van der Waals surface area contributed by atoms with Crippen LogP contribution in [-0.2, 0) is 32.4 Å².